The second kappa shape index (κ2) is 7.99. The molecule has 0 aliphatic carbocycles. The summed E-state index contributed by atoms with van der Waals surface area (Å²) < 4.78 is 26.6. The van der Waals surface area contributed by atoms with Crippen LogP contribution in [-0.2, 0) is 16.4 Å². The highest BCUT2D eigenvalue weighted by atomic mass is 79.9. The molecule has 0 amide bonds. The molecule has 0 radical (unpaired) electrons. The van der Waals surface area contributed by atoms with E-state index in [4.69, 9.17) is 0 Å². The summed E-state index contributed by atoms with van der Waals surface area (Å²) in [6, 6.07) is 7.03. The number of hydrogen-bond acceptors (Lipinski definition) is 3. The fraction of sp³-hybridized carbons (Fsp3) is 0.538. The van der Waals surface area contributed by atoms with E-state index in [1.54, 1.807) is 12.1 Å². The zero-order valence-electron chi connectivity index (χ0n) is 11.4. The summed E-state index contributed by atoms with van der Waals surface area (Å²) in [4.78, 5) is 2.36. The summed E-state index contributed by atoms with van der Waals surface area (Å²) in [5.74, 6) is 0. The van der Waals surface area contributed by atoms with Gasteiger partial charge in [0.05, 0.1) is 4.90 Å². The zero-order chi connectivity index (χ0) is 14.3. The van der Waals surface area contributed by atoms with Crippen LogP contribution in [0.2, 0.25) is 0 Å². The van der Waals surface area contributed by atoms with Crippen LogP contribution in [0.5, 0.6) is 0 Å². The molecule has 0 aliphatic heterocycles. The summed E-state index contributed by atoms with van der Waals surface area (Å²) in [6.45, 7) is 1.33. The van der Waals surface area contributed by atoms with Crippen molar-refractivity contribution < 1.29 is 8.42 Å². The molecular formula is C13H21BrN2O2S. The maximum atomic E-state index is 12.0. The van der Waals surface area contributed by atoms with Gasteiger partial charge in [0.1, 0.15) is 0 Å². The number of sulfonamides is 1. The summed E-state index contributed by atoms with van der Waals surface area (Å²) >= 11 is 3.36. The molecule has 1 aromatic carbocycles. The number of nitrogens with one attached hydrogen (secondary N) is 1. The van der Waals surface area contributed by atoms with E-state index in [0.717, 1.165) is 30.3 Å². The molecule has 0 aromatic heterocycles. The average molecular weight is 349 g/mol. The molecule has 0 bridgehead atoms. The summed E-state index contributed by atoms with van der Waals surface area (Å²) in [7, 11) is 0.569. The van der Waals surface area contributed by atoms with Gasteiger partial charge < -0.3 is 4.90 Å². The lowest BCUT2D eigenvalue weighted by Gasteiger charge is -2.10. The Kier molecular flexibility index (Phi) is 6.99. The van der Waals surface area contributed by atoms with Gasteiger partial charge in [0.2, 0.25) is 10.0 Å². The van der Waals surface area contributed by atoms with Crippen LogP contribution < -0.4 is 4.72 Å². The normalized spacial score (nSPS) is 12.0. The maximum absolute atomic E-state index is 12.0. The maximum Gasteiger partial charge on any atom is 0.240 e. The fourth-order valence-electron chi connectivity index (χ4n) is 1.63. The zero-order valence-corrected chi connectivity index (χ0v) is 13.8. The number of hydrogen-bond donors (Lipinski definition) is 1. The van der Waals surface area contributed by atoms with Gasteiger partial charge in [-0.25, -0.2) is 13.1 Å². The monoisotopic (exact) mass is 348 g/mol. The number of alkyl halides is 1. The summed E-state index contributed by atoms with van der Waals surface area (Å²) in [5, 5.41) is 0.877. The highest BCUT2D eigenvalue weighted by Crippen LogP contribution is 2.11. The third-order valence-electron chi connectivity index (χ3n) is 2.69. The van der Waals surface area contributed by atoms with E-state index in [1.807, 2.05) is 31.1 Å². The second-order valence-electron chi connectivity index (χ2n) is 4.64. The minimum Gasteiger partial charge on any atom is -0.309 e. The van der Waals surface area contributed by atoms with Crippen molar-refractivity contribution in [3.63, 3.8) is 0 Å². The minimum absolute atomic E-state index is 0.329. The van der Waals surface area contributed by atoms with Gasteiger partial charge in [0.15, 0.2) is 0 Å². The molecule has 1 N–H and O–H groups in total. The lowest BCUT2D eigenvalue weighted by Crippen LogP contribution is -2.27. The SMILES string of the molecule is CN(C)CCCNS(=O)(=O)c1ccc(CCBr)cc1. The van der Waals surface area contributed by atoms with Crippen LogP contribution in [0, 0.1) is 0 Å². The highest BCUT2D eigenvalue weighted by molar-refractivity contribution is 9.09. The van der Waals surface area contributed by atoms with Crippen LogP contribution in [0.4, 0.5) is 0 Å². The van der Waals surface area contributed by atoms with Crippen LogP contribution in [0.3, 0.4) is 0 Å². The molecule has 0 spiro atoms. The van der Waals surface area contributed by atoms with Crippen molar-refractivity contribution in [3.8, 4) is 0 Å². The smallest absolute Gasteiger partial charge is 0.240 e. The van der Waals surface area contributed by atoms with Gasteiger partial charge in [-0.1, -0.05) is 28.1 Å². The third kappa shape index (κ3) is 6.03. The van der Waals surface area contributed by atoms with Crippen LogP contribution in [0.1, 0.15) is 12.0 Å². The third-order valence-corrected chi connectivity index (χ3v) is 4.56. The molecule has 0 saturated heterocycles. The van der Waals surface area contributed by atoms with Crippen molar-refractivity contribution in [3.05, 3.63) is 29.8 Å². The first-order valence-corrected chi connectivity index (χ1v) is 8.85. The highest BCUT2D eigenvalue weighted by Gasteiger charge is 2.12. The quantitative estimate of drug-likeness (QED) is 0.576. The molecule has 0 fully saturated rings. The lowest BCUT2D eigenvalue weighted by molar-refractivity contribution is 0.400. The van der Waals surface area contributed by atoms with Crippen molar-refractivity contribution in [1.29, 1.82) is 0 Å². The van der Waals surface area contributed by atoms with Gasteiger partial charge in [-0.15, -0.1) is 0 Å². The number of rotatable bonds is 8. The van der Waals surface area contributed by atoms with E-state index in [-0.39, 0.29) is 0 Å². The Bertz CT molecular complexity index is 472. The van der Waals surface area contributed by atoms with Crippen LogP contribution in [0.15, 0.2) is 29.2 Å². The Morgan fingerprint density at radius 1 is 1.21 bits per heavy atom. The molecule has 0 saturated carbocycles. The minimum atomic E-state index is -3.37. The van der Waals surface area contributed by atoms with Crippen molar-refractivity contribution in [2.45, 2.75) is 17.7 Å². The topological polar surface area (TPSA) is 49.4 Å². The van der Waals surface area contributed by atoms with E-state index in [9.17, 15) is 8.42 Å². The molecule has 0 heterocycles. The Morgan fingerprint density at radius 3 is 2.37 bits per heavy atom. The first-order valence-electron chi connectivity index (χ1n) is 6.25. The Hall–Kier alpha value is -0.430. The predicted molar refractivity (Wildman–Crippen MR) is 82.3 cm³/mol. The summed E-state index contributed by atoms with van der Waals surface area (Å²) in [6.07, 6.45) is 1.70. The fourth-order valence-corrected chi connectivity index (χ4v) is 3.16. The first-order chi connectivity index (χ1) is 8.95. The van der Waals surface area contributed by atoms with Crippen LogP contribution in [-0.4, -0.2) is 45.8 Å². The predicted octanol–water partition coefficient (Wildman–Crippen LogP) is 1.85. The molecule has 0 atom stereocenters. The molecular weight excluding hydrogens is 328 g/mol. The van der Waals surface area contributed by atoms with E-state index < -0.39 is 10.0 Å². The van der Waals surface area contributed by atoms with Crippen LogP contribution in [0.25, 0.3) is 0 Å². The van der Waals surface area contributed by atoms with Crippen molar-refractivity contribution in [2.24, 2.45) is 0 Å². The Balaban J connectivity index is 2.56. The van der Waals surface area contributed by atoms with Crippen molar-refractivity contribution >= 4 is 26.0 Å². The van der Waals surface area contributed by atoms with Crippen molar-refractivity contribution in [1.82, 2.24) is 9.62 Å². The number of nitrogens with zero attached hydrogens (tertiary/aromatic N) is 1. The molecule has 0 unspecified atom stereocenters. The van der Waals surface area contributed by atoms with Gasteiger partial charge >= 0.3 is 0 Å². The van der Waals surface area contributed by atoms with E-state index in [2.05, 4.69) is 20.7 Å². The average Bonchev–Trinajstić information content (AvgIpc) is 2.36. The van der Waals surface area contributed by atoms with Crippen molar-refractivity contribution in [2.75, 3.05) is 32.5 Å². The molecule has 0 aliphatic rings. The van der Waals surface area contributed by atoms with Gasteiger partial charge in [-0.3, -0.25) is 0 Å². The van der Waals surface area contributed by atoms with E-state index in [1.165, 1.54) is 0 Å². The van der Waals surface area contributed by atoms with E-state index >= 15 is 0 Å². The Morgan fingerprint density at radius 2 is 1.84 bits per heavy atom. The molecule has 4 nitrogen and oxygen atoms in total. The Labute approximate surface area is 124 Å². The lowest BCUT2D eigenvalue weighted by atomic mass is 10.2. The van der Waals surface area contributed by atoms with Gasteiger partial charge in [-0.2, -0.15) is 0 Å². The number of halogens is 1. The standard InChI is InChI=1S/C13H21BrN2O2S/c1-16(2)11-3-10-15-19(17,18)13-6-4-12(5-7-13)8-9-14/h4-7,15H,3,8-11H2,1-2H3. The number of aryl methyl sites for hydroxylation is 1. The second-order valence-corrected chi connectivity index (χ2v) is 7.20. The molecule has 1 aromatic rings. The number of benzene rings is 1. The van der Waals surface area contributed by atoms with Gasteiger partial charge in [0.25, 0.3) is 0 Å². The van der Waals surface area contributed by atoms with Gasteiger partial charge in [0, 0.05) is 11.9 Å². The van der Waals surface area contributed by atoms with Gasteiger partial charge in [-0.05, 0) is 51.2 Å². The van der Waals surface area contributed by atoms with Crippen LogP contribution >= 0.6 is 15.9 Å². The largest absolute Gasteiger partial charge is 0.309 e. The first kappa shape index (κ1) is 16.6. The summed E-state index contributed by atoms with van der Waals surface area (Å²) in [5.41, 5.74) is 1.13. The molecule has 108 valence electrons. The molecule has 1 rings (SSSR count). The molecule has 6 heteroatoms. The molecule has 19 heavy (non-hydrogen) atoms. The van der Waals surface area contributed by atoms with E-state index in [0.29, 0.717) is 11.4 Å².